The quantitative estimate of drug-likeness (QED) is 0.541. The lowest BCUT2D eigenvalue weighted by Crippen LogP contribution is -1.81. The van der Waals surface area contributed by atoms with Crippen molar-refractivity contribution >= 4 is 37.5 Å². The number of benzene rings is 1. The minimum Gasteiger partial charge on any atom is -0.235 e. The Bertz CT molecular complexity index is 330. The van der Waals surface area contributed by atoms with Crippen LogP contribution in [0.25, 0.3) is 4.85 Å². The lowest BCUT2D eigenvalue weighted by Gasteiger charge is -2.02. The van der Waals surface area contributed by atoms with Crippen molar-refractivity contribution in [3.63, 3.8) is 0 Å². The van der Waals surface area contributed by atoms with Crippen LogP contribution in [0.1, 0.15) is 9.30 Å². The molecule has 1 aromatic carbocycles. The lowest BCUT2D eigenvalue weighted by molar-refractivity contribution is 0.633. The third kappa shape index (κ3) is 2.05. The molecular weight excluding hydrogens is 289 g/mol. The Hall–Kier alpha value is -0.400. The van der Waals surface area contributed by atoms with E-state index < -0.39 is 5.82 Å². The number of nitrogens with zero attached hydrogens (tertiary/aromatic N) is 1. The van der Waals surface area contributed by atoms with Gasteiger partial charge in [-0.1, -0.05) is 37.9 Å². The van der Waals surface area contributed by atoms with E-state index in [4.69, 9.17) is 6.57 Å². The average Bonchev–Trinajstić information content (AvgIpc) is 2.05. The SMILES string of the molecule is [C-]#[N+]c1cc(C(Br)Br)ccc1F. The molecule has 0 fully saturated rings. The average molecular weight is 293 g/mol. The first-order chi connectivity index (χ1) is 5.65. The van der Waals surface area contributed by atoms with Gasteiger partial charge in [0.05, 0.1) is 10.3 Å². The smallest absolute Gasteiger partial charge is 0.222 e. The van der Waals surface area contributed by atoms with Crippen molar-refractivity contribution in [3.05, 3.63) is 41.0 Å². The standard InChI is InChI=1S/C8H4Br2FN/c1-12-7-4-5(8(9)10)2-3-6(7)11/h2-4,8H. The van der Waals surface area contributed by atoms with Gasteiger partial charge >= 0.3 is 0 Å². The Labute approximate surface area is 86.7 Å². The maximum Gasteiger partial charge on any atom is 0.222 e. The van der Waals surface area contributed by atoms with Gasteiger partial charge < -0.3 is 0 Å². The molecule has 4 heteroatoms. The van der Waals surface area contributed by atoms with E-state index in [0.717, 1.165) is 5.56 Å². The van der Waals surface area contributed by atoms with Crippen molar-refractivity contribution < 1.29 is 4.39 Å². The van der Waals surface area contributed by atoms with Gasteiger partial charge in [0, 0.05) is 0 Å². The molecule has 62 valence electrons. The van der Waals surface area contributed by atoms with Gasteiger partial charge in [-0.15, -0.1) is 0 Å². The predicted octanol–water partition coefficient (Wildman–Crippen LogP) is 4.16. The summed E-state index contributed by atoms with van der Waals surface area (Å²) >= 11 is 6.52. The van der Waals surface area contributed by atoms with Crippen molar-refractivity contribution in [2.75, 3.05) is 0 Å². The van der Waals surface area contributed by atoms with Gasteiger partial charge in [0.15, 0.2) is 0 Å². The third-order valence-corrected chi connectivity index (χ3v) is 2.40. The van der Waals surface area contributed by atoms with Gasteiger partial charge in [-0.05, 0) is 17.7 Å². The summed E-state index contributed by atoms with van der Waals surface area (Å²) in [6.07, 6.45) is 0. The zero-order valence-electron chi connectivity index (χ0n) is 5.89. The van der Waals surface area contributed by atoms with E-state index in [-0.39, 0.29) is 9.42 Å². The van der Waals surface area contributed by atoms with E-state index in [2.05, 4.69) is 36.7 Å². The fraction of sp³-hybridized carbons (Fsp3) is 0.125. The molecule has 1 aromatic rings. The minimum atomic E-state index is -0.477. The molecule has 0 atom stereocenters. The molecule has 0 aliphatic rings. The highest BCUT2D eigenvalue weighted by Gasteiger charge is 2.06. The molecule has 0 saturated heterocycles. The summed E-state index contributed by atoms with van der Waals surface area (Å²) in [5.74, 6) is -0.477. The predicted molar refractivity (Wildman–Crippen MR) is 53.3 cm³/mol. The van der Waals surface area contributed by atoms with Crippen LogP contribution in [0.2, 0.25) is 0 Å². The van der Waals surface area contributed by atoms with Crippen molar-refractivity contribution in [3.8, 4) is 0 Å². The largest absolute Gasteiger partial charge is 0.235 e. The monoisotopic (exact) mass is 291 g/mol. The van der Waals surface area contributed by atoms with Gasteiger partial charge in [0.25, 0.3) is 0 Å². The van der Waals surface area contributed by atoms with Gasteiger partial charge in [-0.3, -0.25) is 0 Å². The normalized spacial score (nSPS) is 9.92. The third-order valence-electron chi connectivity index (χ3n) is 1.34. The Morgan fingerprint density at radius 3 is 2.58 bits per heavy atom. The zero-order chi connectivity index (χ0) is 9.14. The van der Waals surface area contributed by atoms with Crippen LogP contribution in [0, 0.1) is 12.4 Å². The molecule has 0 heterocycles. The summed E-state index contributed by atoms with van der Waals surface area (Å²) in [6.45, 7) is 6.68. The maximum absolute atomic E-state index is 12.8. The number of rotatable bonds is 1. The summed E-state index contributed by atoms with van der Waals surface area (Å²) in [5.41, 5.74) is 0.888. The molecule has 0 aliphatic carbocycles. The van der Waals surface area contributed by atoms with Crippen LogP contribution in [-0.4, -0.2) is 0 Å². The number of halogens is 3. The fourth-order valence-corrected chi connectivity index (χ4v) is 1.32. The highest BCUT2D eigenvalue weighted by Crippen LogP contribution is 2.32. The molecule has 0 aromatic heterocycles. The van der Waals surface area contributed by atoms with Crippen LogP contribution < -0.4 is 0 Å². The Morgan fingerprint density at radius 1 is 1.42 bits per heavy atom. The molecule has 0 saturated carbocycles. The van der Waals surface area contributed by atoms with Crippen LogP contribution >= 0.6 is 31.9 Å². The highest BCUT2D eigenvalue weighted by molar-refractivity contribution is 9.24. The Morgan fingerprint density at radius 2 is 2.08 bits per heavy atom. The van der Waals surface area contributed by atoms with Gasteiger partial charge in [-0.25, -0.2) is 9.24 Å². The summed E-state index contributed by atoms with van der Waals surface area (Å²) in [5, 5.41) is 0. The summed E-state index contributed by atoms with van der Waals surface area (Å²) in [6, 6.07) is 4.42. The summed E-state index contributed by atoms with van der Waals surface area (Å²) < 4.78 is 12.8. The Balaban J connectivity index is 3.16. The second-order valence-corrected chi connectivity index (χ2v) is 5.18. The van der Waals surface area contributed by atoms with Crippen LogP contribution in [0.15, 0.2) is 18.2 Å². The molecule has 0 unspecified atom stereocenters. The second-order valence-electron chi connectivity index (χ2n) is 2.12. The molecule has 0 amide bonds. The molecule has 1 rings (SSSR count). The second kappa shape index (κ2) is 4.01. The zero-order valence-corrected chi connectivity index (χ0v) is 9.06. The molecule has 0 radical (unpaired) electrons. The van der Waals surface area contributed by atoms with Crippen molar-refractivity contribution in [2.45, 2.75) is 3.74 Å². The Kier molecular flexibility index (Phi) is 3.24. The number of hydrogen-bond donors (Lipinski definition) is 0. The summed E-state index contributed by atoms with van der Waals surface area (Å²) in [7, 11) is 0. The molecule has 12 heavy (non-hydrogen) atoms. The minimum absolute atomic E-state index is 0.0360. The van der Waals surface area contributed by atoms with E-state index >= 15 is 0 Å². The van der Waals surface area contributed by atoms with E-state index in [1.54, 1.807) is 6.07 Å². The number of alkyl halides is 2. The van der Waals surface area contributed by atoms with Gasteiger partial charge in [0.1, 0.15) is 5.82 Å². The molecule has 0 N–H and O–H groups in total. The van der Waals surface area contributed by atoms with E-state index in [1.807, 2.05) is 0 Å². The van der Waals surface area contributed by atoms with Gasteiger partial charge in [-0.2, -0.15) is 0 Å². The van der Waals surface area contributed by atoms with Crippen molar-refractivity contribution in [1.29, 1.82) is 0 Å². The number of hydrogen-bond acceptors (Lipinski definition) is 0. The van der Waals surface area contributed by atoms with Crippen LogP contribution in [0.4, 0.5) is 10.1 Å². The molecule has 0 spiro atoms. The van der Waals surface area contributed by atoms with E-state index in [9.17, 15) is 4.39 Å². The highest BCUT2D eigenvalue weighted by atomic mass is 79.9. The molecule has 0 bridgehead atoms. The van der Waals surface area contributed by atoms with Crippen LogP contribution in [0.3, 0.4) is 0 Å². The first-order valence-corrected chi connectivity index (χ1v) is 4.93. The lowest BCUT2D eigenvalue weighted by atomic mass is 10.2. The summed E-state index contributed by atoms with van der Waals surface area (Å²) in [4.78, 5) is 3.05. The van der Waals surface area contributed by atoms with Gasteiger partial charge in [0.2, 0.25) is 5.69 Å². The van der Waals surface area contributed by atoms with E-state index in [1.165, 1.54) is 12.1 Å². The van der Waals surface area contributed by atoms with Crippen LogP contribution in [0.5, 0.6) is 0 Å². The molecular formula is C8H4Br2FN. The maximum atomic E-state index is 12.8. The van der Waals surface area contributed by atoms with Crippen molar-refractivity contribution in [2.24, 2.45) is 0 Å². The molecule has 0 aliphatic heterocycles. The van der Waals surface area contributed by atoms with Crippen molar-refractivity contribution in [1.82, 2.24) is 0 Å². The molecule has 1 nitrogen and oxygen atoms in total. The van der Waals surface area contributed by atoms with Crippen LogP contribution in [-0.2, 0) is 0 Å². The first kappa shape index (κ1) is 9.69. The van der Waals surface area contributed by atoms with E-state index in [0.29, 0.717) is 0 Å². The fourth-order valence-electron chi connectivity index (χ4n) is 0.751. The first-order valence-electron chi connectivity index (χ1n) is 3.10. The topological polar surface area (TPSA) is 4.36 Å².